The number of nitrogens with zero attached hydrogens (tertiary/aromatic N) is 3. The van der Waals surface area contributed by atoms with Gasteiger partial charge < -0.3 is 10.2 Å². The zero-order valence-corrected chi connectivity index (χ0v) is 9.12. The van der Waals surface area contributed by atoms with E-state index in [1.54, 1.807) is 6.20 Å². The third-order valence-corrected chi connectivity index (χ3v) is 2.10. The predicted molar refractivity (Wildman–Crippen MR) is 59.8 cm³/mol. The van der Waals surface area contributed by atoms with Crippen molar-refractivity contribution in [3.63, 3.8) is 0 Å². The number of aromatic nitrogens is 2. The molecule has 0 fully saturated rings. The van der Waals surface area contributed by atoms with Crippen LogP contribution in [0.4, 0.5) is 11.8 Å². The molecule has 4 nitrogen and oxygen atoms in total. The van der Waals surface area contributed by atoms with E-state index in [1.807, 2.05) is 13.1 Å². The van der Waals surface area contributed by atoms with Crippen LogP contribution in [0.1, 0.15) is 19.8 Å². The van der Waals surface area contributed by atoms with Crippen LogP contribution in [0.3, 0.4) is 0 Å². The lowest BCUT2D eigenvalue weighted by Gasteiger charge is -2.17. The van der Waals surface area contributed by atoms with Crippen LogP contribution in [0.25, 0.3) is 0 Å². The molecule has 0 spiro atoms. The summed E-state index contributed by atoms with van der Waals surface area (Å²) in [7, 11) is 3.88. The standard InChI is InChI=1S/C10H18N4/c1-4-5-8-14(3)9-6-7-12-10(11-2)13-9/h6-7H,4-5,8H2,1-3H3,(H,11,12,13). The van der Waals surface area contributed by atoms with Crippen molar-refractivity contribution in [1.82, 2.24) is 9.97 Å². The Morgan fingerprint density at radius 2 is 2.29 bits per heavy atom. The van der Waals surface area contributed by atoms with E-state index in [2.05, 4.69) is 34.2 Å². The van der Waals surface area contributed by atoms with Gasteiger partial charge >= 0.3 is 0 Å². The number of rotatable bonds is 5. The number of anilines is 2. The number of nitrogens with one attached hydrogen (secondary N) is 1. The van der Waals surface area contributed by atoms with Gasteiger partial charge in [0, 0.05) is 26.8 Å². The van der Waals surface area contributed by atoms with Crippen LogP contribution < -0.4 is 10.2 Å². The molecule has 0 saturated heterocycles. The van der Waals surface area contributed by atoms with E-state index in [-0.39, 0.29) is 0 Å². The van der Waals surface area contributed by atoms with E-state index in [0.717, 1.165) is 12.4 Å². The van der Waals surface area contributed by atoms with Crippen molar-refractivity contribution in [3.8, 4) is 0 Å². The van der Waals surface area contributed by atoms with Gasteiger partial charge in [0.25, 0.3) is 0 Å². The topological polar surface area (TPSA) is 41.1 Å². The summed E-state index contributed by atoms with van der Waals surface area (Å²) in [4.78, 5) is 10.6. The molecule has 78 valence electrons. The van der Waals surface area contributed by atoms with E-state index in [0.29, 0.717) is 5.95 Å². The van der Waals surface area contributed by atoms with Crippen LogP contribution in [0.2, 0.25) is 0 Å². The number of unbranched alkanes of at least 4 members (excludes halogenated alkanes) is 1. The SMILES string of the molecule is CCCCN(C)c1ccnc(NC)n1. The minimum Gasteiger partial charge on any atom is -0.360 e. The predicted octanol–water partition coefficient (Wildman–Crippen LogP) is 1.75. The molecular formula is C10H18N4. The second-order valence-corrected chi connectivity index (χ2v) is 3.26. The molecule has 0 radical (unpaired) electrons. The first-order valence-electron chi connectivity index (χ1n) is 5.00. The second kappa shape index (κ2) is 5.42. The molecule has 4 heteroatoms. The summed E-state index contributed by atoms with van der Waals surface area (Å²) in [5, 5.41) is 2.93. The normalized spacial score (nSPS) is 9.93. The quantitative estimate of drug-likeness (QED) is 0.775. The van der Waals surface area contributed by atoms with Gasteiger partial charge in [-0.1, -0.05) is 13.3 Å². The van der Waals surface area contributed by atoms with Gasteiger partial charge in [-0.05, 0) is 12.5 Å². The third kappa shape index (κ3) is 2.87. The van der Waals surface area contributed by atoms with E-state index < -0.39 is 0 Å². The maximum atomic E-state index is 4.35. The Labute approximate surface area is 85.4 Å². The lowest BCUT2D eigenvalue weighted by Crippen LogP contribution is -2.19. The third-order valence-electron chi connectivity index (χ3n) is 2.10. The number of hydrogen-bond donors (Lipinski definition) is 1. The van der Waals surface area contributed by atoms with Crippen molar-refractivity contribution >= 4 is 11.8 Å². The first-order valence-corrected chi connectivity index (χ1v) is 5.00. The van der Waals surface area contributed by atoms with Crippen molar-refractivity contribution in [2.45, 2.75) is 19.8 Å². The Hall–Kier alpha value is -1.32. The largest absolute Gasteiger partial charge is 0.360 e. The fraction of sp³-hybridized carbons (Fsp3) is 0.600. The van der Waals surface area contributed by atoms with Crippen LogP contribution in [-0.4, -0.2) is 30.6 Å². The molecular weight excluding hydrogens is 176 g/mol. The van der Waals surface area contributed by atoms with Gasteiger partial charge in [0.15, 0.2) is 0 Å². The molecule has 14 heavy (non-hydrogen) atoms. The fourth-order valence-electron chi connectivity index (χ4n) is 1.19. The number of hydrogen-bond acceptors (Lipinski definition) is 4. The average molecular weight is 194 g/mol. The van der Waals surface area contributed by atoms with Crippen LogP contribution in [0, 0.1) is 0 Å². The first-order chi connectivity index (χ1) is 6.77. The maximum Gasteiger partial charge on any atom is 0.224 e. The van der Waals surface area contributed by atoms with E-state index in [4.69, 9.17) is 0 Å². The second-order valence-electron chi connectivity index (χ2n) is 3.26. The maximum absolute atomic E-state index is 4.35. The van der Waals surface area contributed by atoms with Crippen LogP contribution in [0.5, 0.6) is 0 Å². The summed E-state index contributed by atoms with van der Waals surface area (Å²) < 4.78 is 0. The molecule has 1 aromatic heterocycles. The molecule has 1 heterocycles. The fourth-order valence-corrected chi connectivity index (χ4v) is 1.19. The molecule has 1 aromatic rings. The highest BCUT2D eigenvalue weighted by Crippen LogP contribution is 2.10. The Morgan fingerprint density at radius 3 is 2.93 bits per heavy atom. The van der Waals surface area contributed by atoms with Gasteiger partial charge in [0.2, 0.25) is 5.95 Å². The summed E-state index contributed by atoms with van der Waals surface area (Å²) in [5.41, 5.74) is 0. The van der Waals surface area contributed by atoms with Gasteiger partial charge in [-0.3, -0.25) is 0 Å². The van der Waals surface area contributed by atoms with Crippen LogP contribution in [0.15, 0.2) is 12.3 Å². The molecule has 0 aliphatic rings. The van der Waals surface area contributed by atoms with Gasteiger partial charge in [-0.2, -0.15) is 4.98 Å². The molecule has 1 N–H and O–H groups in total. The molecule has 1 rings (SSSR count). The van der Waals surface area contributed by atoms with E-state index in [1.165, 1.54) is 12.8 Å². The Bertz CT molecular complexity index is 275. The van der Waals surface area contributed by atoms with Crippen molar-refractivity contribution in [2.75, 3.05) is 30.9 Å². The monoisotopic (exact) mass is 194 g/mol. The Balaban J connectivity index is 2.64. The molecule has 0 atom stereocenters. The van der Waals surface area contributed by atoms with Crippen molar-refractivity contribution in [3.05, 3.63) is 12.3 Å². The minimum absolute atomic E-state index is 0.672. The highest BCUT2D eigenvalue weighted by molar-refractivity contribution is 5.41. The molecule has 0 bridgehead atoms. The lowest BCUT2D eigenvalue weighted by molar-refractivity contribution is 0.758. The van der Waals surface area contributed by atoms with E-state index >= 15 is 0 Å². The highest BCUT2D eigenvalue weighted by atomic mass is 15.2. The molecule has 0 saturated carbocycles. The minimum atomic E-state index is 0.672. The van der Waals surface area contributed by atoms with Gasteiger partial charge in [0.1, 0.15) is 5.82 Å². The summed E-state index contributed by atoms with van der Waals surface area (Å²) >= 11 is 0. The summed E-state index contributed by atoms with van der Waals surface area (Å²) in [6.07, 6.45) is 4.17. The summed E-state index contributed by atoms with van der Waals surface area (Å²) in [6, 6.07) is 1.93. The van der Waals surface area contributed by atoms with Crippen molar-refractivity contribution in [1.29, 1.82) is 0 Å². The van der Waals surface area contributed by atoms with Crippen molar-refractivity contribution < 1.29 is 0 Å². The molecule has 0 amide bonds. The zero-order chi connectivity index (χ0) is 10.4. The smallest absolute Gasteiger partial charge is 0.224 e. The molecule has 0 aliphatic carbocycles. The molecule has 0 unspecified atom stereocenters. The van der Waals surface area contributed by atoms with E-state index in [9.17, 15) is 0 Å². The van der Waals surface area contributed by atoms with Crippen molar-refractivity contribution in [2.24, 2.45) is 0 Å². The highest BCUT2D eigenvalue weighted by Gasteiger charge is 2.02. The Morgan fingerprint density at radius 1 is 1.50 bits per heavy atom. The van der Waals surface area contributed by atoms with Gasteiger partial charge in [-0.15, -0.1) is 0 Å². The molecule has 0 aromatic carbocycles. The zero-order valence-electron chi connectivity index (χ0n) is 9.12. The molecule has 0 aliphatic heterocycles. The summed E-state index contributed by atoms with van der Waals surface area (Å²) in [6.45, 7) is 3.23. The Kier molecular flexibility index (Phi) is 4.16. The van der Waals surface area contributed by atoms with Crippen LogP contribution in [-0.2, 0) is 0 Å². The van der Waals surface area contributed by atoms with Gasteiger partial charge in [0.05, 0.1) is 0 Å². The average Bonchev–Trinajstić information content (AvgIpc) is 2.26. The lowest BCUT2D eigenvalue weighted by atomic mass is 10.3. The van der Waals surface area contributed by atoms with Gasteiger partial charge in [-0.25, -0.2) is 4.98 Å². The summed E-state index contributed by atoms with van der Waals surface area (Å²) in [5.74, 6) is 1.64. The van der Waals surface area contributed by atoms with Crippen LogP contribution >= 0.6 is 0 Å². The first kappa shape index (κ1) is 10.8.